The van der Waals surface area contributed by atoms with Gasteiger partial charge in [0.25, 0.3) is 0 Å². The van der Waals surface area contributed by atoms with Gasteiger partial charge in [-0.05, 0) is 76.4 Å². The number of nitrogens with one attached hydrogen (secondary N) is 1. The zero-order valence-corrected chi connectivity index (χ0v) is 18.0. The second-order valence-electron chi connectivity index (χ2n) is 8.66. The quantitative estimate of drug-likeness (QED) is 0.189. The third kappa shape index (κ3) is 4.20. The smallest absolute Gasteiger partial charge is 0.220 e. The van der Waals surface area contributed by atoms with Gasteiger partial charge in [-0.3, -0.25) is 4.79 Å². The average Bonchev–Trinajstić information content (AvgIpc) is 2.82. The van der Waals surface area contributed by atoms with Crippen LogP contribution in [0, 0.1) is 0 Å². The molecule has 0 unspecified atom stereocenters. The van der Waals surface area contributed by atoms with E-state index in [0.717, 1.165) is 45.1 Å². The Labute approximate surface area is 184 Å². The summed E-state index contributed by atoms with van der Waals surface area (Å²) in [5.74, 6) is 0.176. The predicted octanol–water partition coefficient (Wildman–Crippen LogP) is 7.08. The van der Waals surface area contributed by atoms with Crippen molar-refractivity contribution < 1.29 is 4.79 Å². The van der Waals surface area contributed by atoms with E-state index in [0.29, 0.717) is 6.42 Å². The third-order valence-electron chi connectivity index (χ3n) is 6.56. The number of carbonyl (C=O) groups excluding carboxylic acids is 1. The molecule has 2 heteroatoms. The van der Waals surface area contributed by atoms with E-state index in [4.69, 9.17) is 0 Å². The molecule has 0 heterocycles. The molecule has 0 bridgehead atoms. The molecular weight excluding hydrogens is 378 g/mol. The van der Waals surface area contributed by atoms with Crippen molar-refractivity contribution in [2.24, 2.45) is 0 Å². The van der Waals surface area contributed by atoms with E-state index in [1.807, 2.05) is 0 Å². The molecule has 0 atom stereocenters. The Hall–Kier alpha value is -3.13. The van der Waals surface area contributed by atoms with Crippen LogP contribution in [0.3, 0.4) is 0 Å². The molecule has 0 radical (unpaired) electrons. The monoisotopic (exact) mass is 407 g/mol. The van der Waals surface area contributed by atoms with Crippen LogP contribution >= 0.6 is 0 Å². The summed E-state index contributed by atoms with van der Waals surface area (Å²) in [5.41, 5.74) is 2.85. The van der Waals surface area contributed by atoms with Crippen molar-refractivity contribution in [3.63, 3.8) is 0 Å². The molecule has 5 rings (SSSR count). The summed E-state index contributed by atoms with van der Waals surface area (Å²) in [6.07, 6.45) is 13.4. The van der Waals surface area contributed by atoms with Gasteiger partial charge in [-0.25, -0.2) is 0 Å². The highest BCUT2D eigenvalue weighted by Gasteiger charge is 2.11. The summed E-state index contributed by atoms with van der Waals surface area (Å²) in [6, 6.07) is 19.9. The van der Waals surface area contributed by atoms with E-state index in [-0.39, 0.29) is 5.91 Å². The minimum absolute atomic E-state index is 0.176. The lowest BCUT2D eigenvalue weighted by molar-refractivity contribution is -0.121. The van der Waals surface area contributed by atoms with Gasteiger partial charge >= 0.3 is 0 Å². The maximum absolute atomic E-state index is 12.3. The summed E-state index contributed by atoms with van der Waals surface area (Å²) in [5, 5.41) is 11.1. The summed E-state index contributed by atoms with van der Waals surface area (Å²) in [7, 11) is 0. The maximum atomic E-state index is 12.3. The minimum atomic E-state index is 0.176. The highest BCUT2D eigenvalue weighted by atomic mass is 16.1. The van der Waals surface area contributed by atoms with Gasteiger partial charge in [-0.2, -0.15) is 0 Å². The van der Waals surface area contributed by atoms with Gasteiger partial charge in [0.05, 0.1) is 0 Å². The fourth-order valence-corrected chi connectivity index (χ4v) is 4.94. The Morgan fingerprint density at radius 2 is 1.58 bits per heavy atom. The molecule has 0 saturated heterocycles. The lowest BCUT2D eigenvalue weighted by atomic mass is 9.90. The SMILES string of the molecule is O=C(CCCc1ccc2ccc3cccc4ccc1c2c34)NCCCC1=CCC=CC1. The van der Waals surface area contributed by atoms with Crippen molar-refractivity contribution in [3.05, 3.63) is 84.0 Å². The van der Waals surface area contributed by atoms with Crippen LogP contribution in [0.5, 0.6) is 0 Å². The number of amides is 1. The second-order valence-corrected chi connectivity index (χ2v) is 8.66. The van der Waals surface area contributed by atoms with E-state index < -0.39 is 0 Å². The van der Waals surface area contributed by atoms with Gasteiger partial charge in [0.2, 0.25) is 5.91 Å². The number of hydrogen-bond acceptors (Lipinski definition) is 1. The van der Waals surface area contributed by atoms with Crippen molar-refractivity contribution in [1.29, 1.82) is 0 Å². The van der Waals surface area contributed by atoms with Crippen molar-refractivity contribution in [1.82, 2.24) is 5.32 Å². The summed E-state index contributed by atoms with van der Waals surface area (Å²) in [4.78, 5) is 12.3. The highest BCUT2D eigenvalue weighted by Crippen LogP contribution is 2.36. The van der Waals surface area contributed by atoms with Crippen molar-refractivity contribution in [2.75, 3.05) is 6.54 Å². The fourth-order valence-electron chi connectivity index (χ4n) is 4.94. The Morgan fingerprint density at radius 3 is 2.39 bits per heavy atom. The first kappa shape index (κ1) is 19.8. The molecule has 4 aromatic carbocycles. The van der Waals surface area contributed by atoms with Crippen LogP contribution in [0.4, 0.5) is 0 Å². The number of rotatable bonds is 8. The first-order chi connectivity index (χ1) is 15.3. The first-order valence-corrected chi connectivity index (χ1v) is 11.5. The Balaban J connectivity index is 1.19. The van der Waals surface area contributed by atoms with Crippen LogP contribution in [-0.4, -0.2) is 12.5 Å². The molecule has 0 aliphatic heterocycles. The molecule has 4 aromatic rings. The Bertz CT molecular complexity index is 1260. The second kappa shape index (κ2) is 8.93. The standard InChI is InChI=1S/C29H29NO/c31-27(30-20-6-9-21-7-2-1-3-8-21)13-5-10-22-14-15-25-17-16-23-11-4-12-24-18-19-26(22)29(25)28(23)24/h1-2,4,8,11-12,14-19H,3,5-7,9-10,13,20H2,(H,30,31). The zero-order chi connectivity index (χ0) is 21.0. The minimum Gasteiger partial charge on any atom is -0.356 e. The first-order valence-electron chi connectivity index (χ1n) is 11.5. The summed E-state index contributed by atoms with van der Waals surface area (Å²) in [6.45, 7) is 0.776. The van der Waals surface area contributed by atoms with Crippen LogP contribution in [-0.2, 0) is 11.2 Å². The lowest BCUT2D eigenvalue weighted by Crippen LogP contribution is -2.24. The van der Waals surface area contributed by atoms with Crippen LogP contribution < -0.4 is 5.32 Å². The van der Waals surface area contributed by atoms with E-state index in [2.05, 4.69) is 78.1 Å². The zero-order valence-electron chi connectivity index (χ0n) is 18.0. The molecule has 1 aliphatic rings. The largest absolute Gasteiger partial charge is 0.356 e. The van der Waals surface area contributed by atoms with Gasteiger partial charge in [0.15, 0.2) is 0 Å². The highest BCUT2D eigenvalue weighted by molar-refractivity contribution is 6.23. The number of aryl methyl sites for hydroxylation is 1. The molecule has 156 valence electrons. The van der Waals surface area contributed by atoms with Gasteiger partial charge in [-0.15, -0.1) is 0 Å². The lowest BCUT2D eigenvalue weighted by Gasteiger charge is -2.14. The Morgan fingerprint density at radius 1 is 0.806 bits per heavy atom. The molecule has 2 nitrogen and oxygen atoms in total. The van der Waals surface area contributed by atoms with E-state index >= 15 is 0 Å². The van der Waals surface area contributed by atoms with Crippen LogP contribution in [0.2, 0.25) is 0 Å². The van der Waals surface area contributed by atoms with Gasteiger partial charge in [0, 0.05) is 13.0 Å². The van der Waals surface area contributed by atoms with E-state index in [9.17, 15) is 4.79 Å². The summed E-state index contributed by atoms with van der Waals surface area (Å²) < 4.78 is 0. The Kier molecular flexibility index (Phi) is 5.71. The van der Waals surface area contributed by atoms with Crippen LogP contribution in [0.15, 0.2) is 78.4 Å². The van der Waals surface area contributed by atoms with Gasteiger partial charge in [0.1, 0.15) is 0 Å². The topological polar surface area (TPSA) is 29.1 Å². The normalized spacial score (nSPS) is 13.9. The summed E-state index contributed by atoms with van der Waals surface area (Å²) >= 11 is 0. The molecule has 1 N–H and O–H groups in total. The van der Waals surface area contributed by atoms with Crippen molar-refractivity contribution in [2.45, 2.75) is 44.9 Å². The van der Waals surface area contributed by atoms with Gasteiger partial charge in [-0.1, -0.05) is 78.4 Å². The molecule has 1 aliphatic carbocycles. The molecular formula is C29H29NO. The van der Waals surface area contributed by atoms with Gasteiger partial charge < -0.3 is 5.32 Å². The van der Waals surface area contributed by atoms with Crippen molar-refractivity contribution >= 4 is 38.2 Å². The van der Waals surface area contributed by atoms with Crippen LogP contribution in [0.1, 0.15) is 44.1 Å². The van der Waals surface area contributed by atoms with E-state index in [1.165, 1.54) is 43.5 Å². The van der Waals surface area contributed by atoms with Crippen LogP contribution in [0.25, 0.3) is 32.3 Å². The molecule has 0 saturated carbocycles. The third-order valence-corrected chi connectivity index (χ3v) is 6.56. The number of carbonyl (C=O) groups is 1. The number of allylic oxidation sites excluding steroid dienone is 4. The molecule has 31 heavy (non-hydrogen) atoms. The molecule has 1 amide bonds. The fraction of sp³-hybridized carbons (Fsp3) is 0.276. The molecule has 0 fully saturated rings. The van der Waals surface area contributed by atoms with Crippen molar-refractivity contribution in [3.8, 4) is 0 Å². The maximum Gasteiger partial charge on any atom is 0.220 e. The molecule has 0 aromatic heterocycles. The van der Waals surface area contributed by atoms with E-state index in [1.54, 1.807) is 0 Å². The number of hydrogen-bond donors (Lipinski definition) is 1. The predicted molar refractivity (Wildman–Crippen MR) is 132 cm³/mol. The average molecular weight is 408 g/mol. The molecule has 0 spiro atoms. The number of benzene rings is 4.